The predicted octanol–water partition coefficient (Wildman–Crippen LogP) is 5.05. The Bertz CT molecular complexity index is 910. The van der Waals surface area contributed by atoms with E-state index in [1.807, 2.05) is 24.3 Å². The minimum Gasteiger partial charge on any atom is -0.371 e. The molecule has 0 aliphatic carbocycles. The number of anilines is 2. The molecule has 4 fully saturated rings. The number of rotatable bonds is 6. The van der Waals surface area contributed by atoms with Gasteiger partial charge in [0.1, 0.15) is 0 Å². The molecule has 0 radical (unpaired) electrons. The average molecular weight is 487 g/mol. The molecule has 192 valence electrons. The van der Waals surface area contributed by atoms with Gasteiger partial charge in [0.25, 0.3) is 0 Å². The van der Waals surface area contributed by atoms with Crippen molar-refractivity contribution in [3.63, 3.8) is 0 Å². The largest absolute Gasteiger partial charge is 0.371 e. The first-order valence-electron chi connectivity index (χ1n) is 14.5. The minimum absolute atomic E-state index is 0.119. The van der Waals surface area contributed by atoms with E-state index in [0.29, 0.717) is 0 Å². The highest BCUT2D eigenvalue weighted by Crippen LogP contribution is 2.27. The van der Waals surface area contributed by atoms with Gasteiger partial charge in [-0.2, -0.15) is 0 Å². The first-order valence-corrected chi connectivity index (χ1v) is 14.5. The van der Waals surface area contributed by atoms with E-state index in [-0.39, 0.29) is 5.78 Å². The minimum atomic E-state index is 0.119. The molecule has 5 nitrogen and oxygen atoms in total. The molecule has 4 heterocycles. The molecular formula is C31H42N4O. The smallest absolute Gasteiger partial charge is 0.193 e. The Kier molecular flexibility index (Phi) is 7.29. The molecule has 0 bridgehead atoms. The maximum Gasteiger partial charge on any atom is 0.193 e. The molecule has 0 atom stereocenters. The fourth-order valence-electron chi connectivity index (χ4n) is 7.01. The van der Waals surface area contributed by atoms with Crippen LogP contribution in [0.3, 0.4) is 0 Å². The van der Waals surface area contributed by atoms with Crippen LogP contribution >= 0.6 is 0 Å². The van der Waals surface area contributed by atoms with E-state index in [1.165, 1.54) is 88.9 Å². The van der Waals surface area contributed by atoms with E-state index in [2.05, 4.69) is 43.9 Å². The highest BCUT2D eigenvalue weighted by atomic mass is 16.1. The summed E-state index contributed by atoms with van der Waals surface area (Å²) in [6, 6.07) is 18.2. The van der Waals surface area contributed by atoms with Crippen LogP contribution in [0.25, 0.3) is 0 Å². The lowest BCUT2D eigenvalue weighted by molar-refractivity contribution is 0.103. The van der Waals surface area contributed by atoms with Gasteiger partial charge in [0.15, 0.2) is 5.78 Å². The second kappa shape index (κ2) is 10.9. The molecule has 0 N–H and O–H groups in total. The number of piperidine rings is 2. The Morgan fingerprint density at radius 1 is 0.500 bits per heavy atom. The van der Waals surface area contributed by atoms with Crippen molar-refractivity contribution in [2.75, 3.05) is 62.2 Å². The van der Waals surface area contributed by atoms with Crippen molar-refractivity contribution in [3.05, 3.63) is 59.7 Å². The number of carbonyl (C=O) groups excluding carboxylic acids is 1. The molecule has 4 aliphatic rings. The van der Waals surface area contributed by atoms with Crippen molar-refractivity contribution in [1.29, 1.82) is 0 Å². The Hall–Kier alpha value is -2.37. The summed E-state index contributed by atoms with van der Waals surface area (Å²) in [5, 5.41) is 0. The van der Waals surface area contributed by atoms with Crippen LogP contribution in [0.4, 0.5) is 11.4 Å². The second-order valence-electron chi connectivity index (χ2n) is 11.3. The molecule has 4 saturated heterocycles. The van der Waals surface area contributed by atoms with Crippen molar-refractivity contribution >= 4 is 17.2 Å². The third-order valence-corrected chi connectivity index (χ3v) is 9.23. The van der Waals surface area contributed by atoms with Gasteiger partial charge in [-0.1, -0.05) is 0 Å². The molecular weight excluding hydrogens is 444 g/mol. The number of hydrogen-bond acceptors (Lipinski definition) is 5. The first-order chi connectivity index (χ1) is 17.7. The number of carbonyl (C=O) groups is 1. The van der Waals surface area contributed by atoms with E-state index >= 15 is 0 Å². The highest BCUT2D eigenvalue weighted by Gasteiger charge is 2.28. The maximum atomic E-state index is 13.2. The number of likely N-dealkylation sites (tertiary alicyclic amines) is 2. The summed E-state index contributed by atoms with van der Waals surface area (Å²) in [6.07, 6.45) is 10.5. The summed E-state index contributed by atoms with van der Waals surface area (Å²) in [5.41, 5.74) is 4.06. The van der Waals surface area contributed by atoms with Crippen molar-refractivity contribution in [2.24, 2.45) is 0 Å². The quantitative estimate of drug-likeness (QED) is 0.534. The SMILES string of the molecule is O=C(c1ccc(N2CCC(N3CCCC3)CC2)cc1)c1ccc(N2CCC(N3CCCC3)CC2)cc1. The number of hydrogen-bond donors (Lipinski definition) is 0. The number of ketones is 1. The zero-order chi connectivity index (χ0) is 24.3. The van der Waals surface area contributed by atoms with E-state index in [1.54, 1.807) is 0 Å². The fourth-order valence-corrected chi connectivity index (χ4v) is 7.01. The van der Waals surface area contributed by atoms with Gasteiger partial charge in [-0.15, -0.1) is 0 Å². The van der Waals surface area contributed by atoms with Gasteiger partial charge in [0, 0.05) is 60.8 Å². The Morgan fingerprint density at radius 2 is 0.833 bits per heavy atom. The van der Waals surface area contributed by atoms with Gasteiger partial charge in [-0.25, -0.2) is 0 Å². The summed E-state index contributed by atoms with van der Waals surface area (Å²) in [5.74, 6) is 0.119. The first kappa shape index (κ1) is 24.0. The maximum absolute atomic E-state index is 13.2. The molecule has 0 saturated carbocycles. The van der Waals surface area contributed by atoms with Gasteiger partial charge in [-0.3, -0.25) is 4.79 Å². The molecule has 0 spiro atoms. The molecule has 0 aromatic heterocycles. The van der Waals surface area contributed by atoms with Crippen LogP contribution in [-0.4, -0.2) is 80.0 Å². The lowest BCUT2D eigenvalue weighted by Gasteiger charge is -2.38. The van der Waals surface area contributed by atoms with Gasteiger partial charge in [0.2, 0.25) is 0 Å². The zero-order valence-corrected chi connectivity index (χ0v) is 21.8. The van der Waals surface area contributed by atoms with E-state index in [0.717, 1.165) is 49.4 Å². The summed E-state index contributed by atoms with van der Waals surface area (Å²) in [4.78, 5) is 23.5. The molecule has 0 amide bonds. The molecule has 6 rings (SSSR count). The Balaban J connectivity index is 1.02. The van der Waals surface area contributed by atoms with Gasteiger partial charge in [0.05, 0.1) is 0 Å². The second-order valence-corrected chi connectivity index (χ2v) is 11.3. The van der Waals surface area contributed by atoms with Crippen molar-refractivity contribution in [3.8, 4) is 0 Å². The zero-order valence-electron chi connectivity index (χ0n) is 21.8. The van der Waals surface area contributed by atoms with E-state index in [9.17, 15) is 4.79 Å². The predicted molar refractivity (Wildman–Crippen MR) is 148 cm³/mol. The third kappa shape index (κ3) is 5.19. The van der Waals surface area contributed by atoms with Crippen LogP contribution < -0.4 is 9.80 Å². The van der Waals surface area contributed by atoms with Crippen LogP contribution in [0.2, 0.25) is 0 Å². The van der Waals surface area contributed by atoms with Crippen LogP contribution in [0.5, 0.6) is 0 Å². The standard InChI is InChI=1S/C31H42N4O/c36-31(25-5-9-27(10-6-25)34-21-13-29(14-22-34)32-17-1-2-18-32)26-7-11-28(12-8-26)35-23-15-30(16-24-35)33-19-3-4-20-33/h5-12,29-30H,1-4,13-24H2. The van der Waals surface area contributed by atoms with Gasteiger partial charge in [-0.05, 0) is 126 Å². The number of benzene rings is 2. The van der Waals surface area contributed by atoms with Crippen LogP contribution in [0.15, 0.2) is 48.5 Å². The topological polar surface area (TPSA) is 30.0 Å². The summed E-state index contributed by atoms with van der Waals surface area (Å²) in [7, 11) is 0. The van der Waals surface area contributed by atoms with Crippen molar-refractivity contribution in [1.82, 2.24) is 9.80 Å². The molecule has 2 aromatic rings. The van der Waals surface area contributed by atoms with Crippen LogP contribution in [0.1, 0.15) is 67.3 Å². The van der Waals surface area contributed by atoms with E-state index in [4.69, 9.17) is 0 Å². The van der Waals surface area contributed by atoms with Crippen molar-refractivity contribution in [2.45, 2.75) is 63.5 Å². The molecule has 0 unspecified atom stereocenters. The van der Waals surface area contributed by atoms with Crippen LogP contribution in [-0.2, 0) is 0 Å². The number of nitrogens with zero attached hydrogens (tertiary/aromatic N) is 4. The normalized spacial score (nSPS) is 23.0. The molecule has 4 aliphatic heterocycles. The molecule has 36 heavy (non-hydrogen) atoms. The highest BCUT2D eigenvalue weighted by molar-refractivity contribution is 6.09. The monoisotopic (exact) mass is 486 g/mol. The van der Waals surface area contributed by atoms with Crippen molar-refractivity contribution < 1.29 is 4.79 Å². The lowest BCUT2D eigenvalue weighted by Crippen LogP contribution is -2.43. The van der Waals surface area contributed by atoms with Crippen LogP contribution in [0, 0.1) is 0 Å². The molecule has 2 aromatic carbocycles. The summed E-state index contributed by atoms with van der Waals surface area (Å²) in [6.45, 7) is 9.63. The molecule has 5 heteroatoms. The Labute approximate surface area is 217 Å². The summed E-state index contributed by atoms with van der Waals surface area (Å²) >= 11 is 0. The summed E-state index contributed by atoms with van der Waals surface area (Å²) < 4.78 is 0. The fraction of sp³-hybridized carbons (Fsp3) is 0.581. The third-order valence-electron chi connectivity index (χ3n) is 9.23. The Morgan fingerprint density at radius 3 is 1.17 bits per heavy atom. The average Bonchev–Trinajstić information content (AvgIpc) is 3.69. The van der Waals surface area contributed by atoms with E-state index < -0.39 is 0 Å². The van der Waals surface area contributed by atoms with Gasteiger partial charge < -0.3 is 19.6 Å². The lowest BCUT2D eigenvalue weighted by atomic mass is 10.00. The van der Waals surface area contributed by atoms with Gasteiger partial charge >= 0.3 is 0 Å².